The van der Waals surface area contributed by atoms with E-state index >= 15 is 0 Å². The summed E-state index contributed by atoms with van der Waals surface area (Å²) in [6.45, 7) is 9.19. The van der Waals surface area contributed by atoms with Gasteiger partial charge in [0, 0.05) is 27.3 Å². The van der Waals surface area contributed by atoms with E-state index in [2.05, 4.69) is 31.9 Å². The van der Waals surface area contributed by atoms with Crippen molar-refractivity contribution in [2.24, 2.45) is 11.8 Å². The summed E-state index contributed by atoms with van der Waals surface area (Å²) in [5.74, 6) is -2.12. The van der Waals surface area contributed by atoms with E-state index in [1.807, 2.05) is 88.4 Å². The lowest BCUT2D eigenvalue weighted by molar-refractivity contribution is -0.132. The van der Waals surface area contributed by atoms with Crippen molar-refractivity contribution >= 4 is 23.6 Å². The van der Waals surface area contributed by atoms with Gasteiger partial charge in [-0.1, -0.05) is 88.4 Å². The van der Waals surface area contributed by atoms with Gasteiger partial charge in [-0.05, 0) is 35.8 Å². The highest BCUT2D eigenvalue weighted by Crippen LogP contribution is 2.16. The predicted octanol–water partition coefficient (Wildman–Crippen LogP) is 0.556. The topological polar surface area (TPSA) is 179 Å². The molecule has 13 heteroatoms. The first-order valence-corrected chi connectivity index (χ1v) is 17.3. The monoisotopic (exact) mass is 698 g/mol. The van der Waals surface area contributed by atoms with Crippen LogP contribution < -0.4 is 31.9 Å². The number of hydrogen-bond acceptors (Lipinski definition) is 9. The van der Waals surface area contributed by atoms with E-state index in [4.69, 9.17) is 9.47 Å². The number of aliphatic hydroxyl groups excluding tert-OH is 1. The molecular formula is C37H58N6O7. The summed E-state index contributed by atoms with van der Waals surface area (Å²) < 4.78 is 10.0. The van der Waals surface area contributed by atoms with Gasteiger partial charge in [-0.3, -0.25) is 19.2 Å². The van der Waals surface area contributed by atoms with E-state index in [0.29, 0.717) is 26.3 Å². The van der Waals surface area contributed by atoms with Crippen LogP contribution in [-0.4, -0.2) is 113 Å². The molecule has 0 heterocycles. The number of hydrogen-bond donors (Lipinski definition) is 7. The standard InChI is InChI=1S/C37H58N6O7/c1-25(2)33(42-31(44)23-38-17-19-49-5)36(47)40-29(21-27-13-9-7-10-14-27)35(46)30(22-28-15-11-8-12-16-28)41-37(48)34(26(3)4)43-32(45)24-39-18-20-50-6/h7-16,25-26,29-30,33-35,38-39,46H,17-24H2,1-6H3,(H,40,47)(H,41,48)(H,42,44)(H,43,45)/t29-,30-,33-,34-/m0/s1. The van der Waals surface area contributed by atoms with Crippen molar-refractivity contribution in [1.29, 1.82) is 0 Å². The van der Waals surface area contributed by atoms with E-state index < -0.39 is 42.1 Å². The zero-order valence-electron chi connectivity index (χ0n) is 30.4. The average Bonchev–Trinajstić information content (AvgIpc) is 3.09. The fourth-order valence-electron chi connectivity index (χ4n) is 5.35. The van der Waals surface area contributed by atoms with E-state index in [9.17, 15) is 24.3 Å². The lowest BCUT2D eigenvalue weighted by Gasteiger charge is -2.34. The van der Waals surface area contributed by atoms with Gasteiger partial charge in [-0.2, -0.15) is 0 Å². The maximum atomic E-state index is 13.8. The Bertz CT molecular complexity index is 1180. The summed E-state index contributed by atoms with van der Waals surface area (Å²) >= 11 is 0. The van der Waals surface area contributed by atoms with Crippen molar-refractivity contribution < 1.29 is 33.8 Å². The average molecular weight is 699 g/mol. The van der Waals surface area contributed by atoms with Gasteiger partial charge in [0.1, 0.15) is 12.1 Å². The number of ether oxygens (including phenoxy) is 2. The first-order chi connectivity index (χ1) is 24.0. The third-order valence-electron chi connectivity index (χ3n) is 8.14. The SMILES string of the molecule is COCCNCC(=O)N[C@H](C(=O)N[C@@H](Cc1ccccc1)C(O)[C@H](Cc1ccccc1)NC(=O)[C@@H](NC(=O)CNCCOC)C(C)C)C(C)C. The second-order valence-corrected chi connectivity index (χ2v) is 13.0. The summed E-state index contributed by atoms with van der Waals surface area (Å²) in [6, 6.07) is 15.4. The largest absolute Gasteiger partial charge is 0.389 e. The Morgan fingerprint density at radius 2 is 0.960 bits per heavy atom. The molecule has 0 saturated carbocycles. The highest BCUT2D eigenvalue weighted by atomic mass is 16.5. The van der Waals surface area contributed by atoms with Crippen LogP contribution in [0.2, 0.25) is 0 Å². The predicted molar refractivity (Wildman–Crippen MR) is 193 cm³/mol. The van der Waals surface area contributed by atoms with Gasteiger partial charge in [0.15, 0.2) is 0 Å². The Balaban J connectivity index is 2.35. The maximum absolute atomic E-state index is 13.8. The molecule has 0 spiro atoms. The van der Waals surface area contributed by atoms with Crippen molar-refractivity contribution in [2.75, 3.05) is 53.6 Å². The number of aliphatic hydroxyl groups is 1. The van der Waals surface area contributed by atoms with Crippen LogP contribution in [-0.2, 0) is 41.5 Å². The minimum absolute atomic E-state index is 0.0118. The first kappa shape index (κ1) is 42.3. The number of methoxy groups -OCH3 is 2. The Labute approximate surface area is 297 Å². The molecule has 7 N–H and O–H groups in total. The summed E-state index contributed by atoms with van der Waals surface area (Å²) in [5, 5.41) is 29.7. The van der Waals surface area contributed by atoms with Crippen LogP contribution in [0.3, 0.4) is 0 Å². The smallest absolute Gasteiger partial charge is 0.243 e. The zero-order chi connectivity index (χ0) is 36.9. The number of carbonyl (C=O) groups excluding carboxylic acids is 4. The fraction of sp³-hybridized carbons (Fsp3) is 0.568. The van der Waals surface area contributed by atoms with Crippen molar-refractivity contribution in [1.82, 2.24) is 31.9 Å². The number of nitrogens with one attached hydrogen (secondary N) is 6. The van der Waals surface area contributed by atoms with Gasteiger partial charge in [-0.15, -0.1) is 0 Å². The molecule has 0 saturated heterocycles. The minimum Gasteiger partial charge on any atom is -0.389 e. The van der Waals surface area contributed by atoms with Gasteiger partial charge in [0.25, 0.3) is 0 Å². The van der Waals surface area contributed by atoms with Crippen LogP contribution in [0, 0.1) is 11.8 Å². The molecule has 0 radical (unpaired) electrons. The lowest BCUT2D eigenvalue weighted by atomic mass is 9.91. The van der Waals surface area contributed by atoms with Gasteiger partial charge in [0.05, 0.1) is 44.5 Å². The summed E-state index contributed by atoms with van der Waals surface area (Å²) in [5.41, 5.74) is 1.73. The van der Waals surface area contributed by atoms with E-state index in [0.717, 1.165) is 11.1 Å². The Morgan fingerprint density at radius 1 is 0.600 bits per heavy atom. The van der Waals surface area contributed by atoms with Gasteiger partial charge in [-0.25, -0.2) is 0 Å². The number of carbonyl (C=O) groups is 4. The van der Waals surface area contributed by atoms with E-state index in [1.165, 1.54) is 0 Å². The minimum atomic E-state index is -1.26. The third-order valence-corrected chi connectivity index (χ3v) is 8.14. The molecular weight excluding hydrogens is 640 g/mol. The van der Waals surface area contributed by atoms with Crippen LogP contribution >= 0.6 is 0 Å². The number of benzene rings is 2. The molecule has 50 heavy (non-hydrogen) atoms. The first-order valence-electron chi connectivity index (χ1n) is 17.3. The molecule has 0 aromatic heterocycles. The van der Waals surface area contributed by atoms with Crippen molar-refractivity contribution in [3.05, 3.63) is 71.8 Å². The molecule has 0 unspecified atom stereocenters. The zero-order valence-corrected chi connectivity index (χ0v) is 30.4. The highest BCUT2D eigenvalue weighted by molar-refractivity contribution is 5.89. The molecule has 0 bridgehead atoms. The second-order valence-electron chi connectivity index (χ2n) is 13.0. The molecule has 278 valence electrons. The van der Waals surface area contributed by atoms with Crippen LogP contribution in [0.5, 0.6) is 0 Å². The molecule has 4 amide bonds. The van der Waals surface area contributed by atoms with Crippen LogP contribution in [0.1, 0.15) is 38.8 Å². The quantitative estimate of drug-likeness (QED) is 0.0772. The van der Waals surface area contributed by atoms with Crippen LogP contribution in [0.15, 0.2) is 60.7 Å². The summed E-state index contributed by atoms with van der Waals surface area (Å²) in [7, 11) is 3.14. The Kier molecular flexibility index (Phi) is 19.9. The van der Waals surface area contributed by atoms with Crippen LogP contribution in [0.25, 0.3) is 0 Å². The molecule has 0 fully saturated rings. The molecule has 2 rings (SSSR count). The summed E-state index contributed by atoms with van der Waals surface area (Å²) in [6.07, 6.45) is -0.755. The van der Waals surface area contributed by atoms with E-state index in [1.54, 1.807) is 14.2 Å². The number of amides is 4. The second kappa shape index (κ2) is 23.5. The molecule has 0 aliphatic carbocycles. The van der Waals surface area contributed by atoms with Crippen molar-refractivity contribution in [3.63, 3.8) is 0 Å². The lowest BCUT2D eigenvalue weighted by Crippen LogP contribution is -2.61. The van der Waals surface area contributed by atoms with Gasteiger partial charge < -0.3 is 46.5 Å². The number of rotatable bonds is 24. The van der Waals surface area contributed by atoms with Crippen molar-refractivity contribution in [2.45, 2.75) is 70.8 Å². The molecule has 4 atom stereocenters. The molecule has 0 aliphatic rings. The van der Waals surface area contributed by atoms with E-state index in [-0.39, 0.29) is 49.6 Å². The van der Waals surface area contributed by atoms with Crippen LogP contribution in [0.4, 0.5) is 0 Å². The normalized spacial score (nSPS) is 13.8. The highest BCUT2D eigenvalue weighted by Gasteiger charge is 2.35. The molecule has 2 aromatic rings. The third kappa shape index (κ3) is 15.8. The summed E-state index contributed by atoms with van der Waals surface area (Å²) in [4.78, 5) is 53.1. The van der Waals surface area contributed by atoms with Gasteiger partial charge in [0.2, 0.25) is 23.6 Å². The molecule has 0 aliphatic heterocycles. The fourth-order valence-corrected chi connectivity index (χ4v) is 5.35. The van der Waals surface area contributed by atoms with Gasteiger partial charge >= 0.3 is 0 Å². The molecule has 2 aromatic carbocycles. The van der Waals surface area contributed by atoms with Crippen molar-refractivity contribution in [3.8, 4) is 0 Å². The molecule has 13 nitrogen and oxygen atoms in total. The maximum Gasteiger partial charge on any atom is 0.243 e. The Morgan fingerprint density at radius 3 is 1.28 bits per heavy atom. The Hall–Kier alpha value is -3.88.